The lowest BCUT2D eigenvalue weighted by molar-refractivity contribution is 0.388. The molecule has 0 unspecified atom stereocenters. The lowest BCUT2D eigenvalue weighted by atomic mass is 9.88. The van der Waals surface area contributed by atoms with Gasteiger partial charge in [0.2, 0.25) is 0 Å². The molecule has 0 spiro atoms. The normalized spacial score (nSPS) is 23.8. The lowest BCUT2D eigenvalue weighted by Crippen LogP contribution is -2.48. The fourth-order valence-electron chi connectivity index (χ4n) is 3.37. The van der Waals surface area contributed by atoms with Crippen LogP contribution in [-0.4, -0.2) is 28.7 Å². The first-order valence-corrected chi connectivity index (χ1v) is 9.47. The Balaban J connectivity index is 1.72. The van der Waals surface area contributed by atoms with E-state index in [0.717, 1.165) is 11.7 Å². The Morgan fingerprint density at radius 1 is 1.11 bits per heavy atom. The summed E-state index contributed by atoms with van der Waals surface area (Å²) in [6, 6.07) is 0.616. The summed E-state index contributed by atoms with van der Waals surface area (Å²) in [4.78, 5) is 0. The highest BCUT2D eigenvalue weighted by Crippen LogP contribution is 2.37. The Bertz CT molecular complexity index is 282. The SMILES string of the molecule is CSC1(CNC(=S)NC2CCCCC2)CCCCC1. The smallest absolute Gasteiger partial charge is 0.166 e. The summed E-state index contributed by atoms with van der Waals surface area (Å²) >= 11 is 7.50. The van der Waals surface area contributed by atoms with E-state index in [4.69, 9.17) is 12.2 Å². The van der Waals surface area contributed by atoms with Crippen molar-refractivity contribution in [2.45, 2.75) is 75.0 Å². The van der Waals surface area contributed by atoms with Crippen molar-refractivity contribution in [3.8, 4) is 0 Å². The molecule has 0 aromatic heterocycles. The monoisotopic (exact) mass is 300 g/mol. The second-order valence-electron chi connectivity index (χ2n) is 6.11. The fraction of sp³-hybridized carbons (Fsp3) is 0.933. The number of rotatable bonds is 4. The van der Waals surface area contributed by atoms with Crippen molar-refractivity contribution in [1.82, 2.24) is 10.6 Å². The van der Waals surface area contributed by atoms with Crippen molar-refractivity contribution in [2.75, 3.05) is 12.8 Å². The zero-order valence-electron chi connectivity index (χ0n) is 12.2. The van der Waals surface area contributed by atoms with Crippen LogP contribution >= 0.6 is 24.0 Å². The molecule has 2 fully saturated rings. The standard InChI is InChI=1S/C15H28N2S2/c1-19-15(10-6-3-7-11-15)12-16-14(18)17-13-8-4-2-5-9-13/h13H,2-12H2,1H3,(H2,16,17,18). The third-order valence-electron chi connectivity index (χ3n) is 4.71. The van der Waals surface area contributed by atoms with Gasteiger partial charge in [-0.3, -0.25) is 0 Å². The minimum atomic E-state index is 0.427. The van der Waals surface area contributed by atoms with Crippen molar-refractivity contribution >= 4 is 29.1 Å². The summed E-state index contributed by atoms with van der Waals surface area (Å²) in [5.41, 5.74) is 0. The highest BCUT2D eigenvalue weighted by Gasteiger charge is 2.31. The molecule has 2 aliphatic carbocycles. The molecule has 110 valence electrons. The highest BCUT2D eigenvalue weighted by atomic mass is 32.2. The van der Waals surface area contributed by atoms with E-state index in [2.05, 4.69) is 16.9 Å². The van der Waals surface area contributed by atoms with Crippen molar-refractivity contribution in [2.24, 2.45) is 0 Å². The average molecular weight is 301 g/mol. The molecule has 0 aliphatic heterocycles. The topological polar surface area (TPSA) is 24.1 Å². The van der Waals surface area contributed by atoms with Gasteiger partial charge in [-0.15, -0.1) is 0 Å². The minimum Gasteiger partial charge on any atom is -0.361 e. The van der Waals surface area contributed by atoms with Crippen LogP contribution in [0.15, 0.2) is 0 Å². The van der Waals surface area contributed by atoms with E-state index in [0.29, 0.717) is 10.8 Å². The zero-order chi connectivity index (χ0) is 13.6. The molecular weight excluding hydrogens is 272 g/mol. The molecule has 19 heavy (non-hydrogen) atoms. The maximum Gasteiger partial charge on any atom is 0.166 e. The summed E-state index contributed by atoms with van der Waals surface area (Å²) < 4.78 is 0.427. The van der Waals surface area contributed by atoms with Gasteiger partial charge >= 0.3 is 0 Å². The molecule has 2 saturated carbocycles. The average Bonchev–Trinajstić information content (AvgIpc) is 2.47. The van der Waals surface area contributed by atoms with Gasteiger partial charge in [0.1, 0.15) is 0 Å². The maximum atomic E-state index is 5.47. The van der Waals surface area contributed by atoms with E-state index < -0.39 is 0 Å². The lowest BCUT2D eigenvalue weighted by Gasteiger charge is -2.36. The first-order chi connectivity index (χ1) is 9.24. The third kappa shape index (κ3) is 4.82. The van der Waals surface area contributed by atoms with E-state index in [1.807, 2.05) is 11.8 Å². The van der Waals surface area contributed by atoms with Gasteiger partial charge in [0.15, 0.2) is 5.11 Å². The Labute approximate surface area is 127 Å². The number of nitrogens with one attached hydrogen (secondary N) is 2. The molecule has 0 aromatic rings. The van der Waals surface area contributed by atoms with Gasteiger partial charge in [0.25, 0.3) is 0 Å². The fourth-order valence-corrected chi connectivity index (χ4v) is 4.53. The van der Waals surface area contributed by atoms with E-state index >= 15 is 0 Å². The molecule has 0 aromatic carbocycles. The van der Waals surface area contributed by atoms with E-state index in [1.165, 1.54) is 64.2 Å². The van der Waals surface area contributed by atoms with Gasteiger partial charge in [-0.25, -0.2) is 0 Å². The quantitative estimate of drug-likeness (QED) is 0.770. The van der Waals surface area contributed by atoms with Gasteiger partial charge in [0.05, 0.1) is 0 Å². The molecule has 0 bridgehead atoms. The molecule has 4 heteroatoms. The van der Waals surface area contributed by atoms with Crippen LogP contribution in [0.25, 0.3) is 0 Å². The molecule has 0 atom stereocenters. The Morgan fingerprint density at radius 2 is 1.74 bits per heavy atom. The van der Waals surface area contributed by atoms with Gasteiger partial charge in [0, 0.05) is 17.3 Å². The molecular formula is C15H28N2S2. The Morgan fingerprint density at radius 3 is 2.37 bits per heavy atom. The highest BCUT2D eigenvalue weighted by molar-refractivity contribution is 8.00. The van der Waals surface area contributed by atoms with Crippen LogP contribution < -0.4 is 10.6 Å². The summed E-state index contributed by atoms with van der Waals surface area (Å²) in [5, 5.41) is 7.88. The van der Waals surface area contributed by atoms with Crippen LogP contribution in [0.4, 0.5) is 0 Å². The van der Waals surface area contributed by atoms with E-state index in [-0.39, 0.29) is 0 Å². The second-order valence-corrected chi connectivity index (χ2v) is 7.79. The predicted octanol–water partition coefficient (Wildman–Crippen LogP) is 3.85. The van der Waals surface area contributed by atoms with Gasteiger partial charge < -0.3 is 10.6 Å². The van der Waals surface area contributed by atoms with Crippen LogP contribution in [0.3, 0.4) is 0 Å². The summed E-state index contributed by atoms with van der Waals surface area (Å²) in [5.74, 6) is 0. The van der Waals surface area contributed by atoms with Crippen molar-refractivity contribution in [3.05, 3.63) is 0 Å². The first-order valence-electron chi connectivity index (χ1n) is 7.84. The van der Waals surface area contributed by atoms with E-state index in [9.17, 15) is 0 Å². The van der Waals surface area contributed by atoms with Gasteiger partial charge in [-0.05, 0) is 44.2 Å². The summed E-state index contributed by atoms with van der Waals surface area (Å²) in [6.07, 6.45) is 15.8. The number of thioether (sulfide) groups is 1. The summed E-state index contributed by atoms with van der Waals surface area (Å²) in [7, 11) is 0. The van der Waals surface area contributed by atoms with Crippen molar-refractivity contribution in [3.63, 3.8) is 0 Å². The number of hydrogen-bond acceptors (Lipinski definition) is 2. The Hall–Kier alpha value is 0.0400. The molecule has 2 rings (SSSR count). The van der Waals surface area contributed by atoms with Crippen LogP contribution in [0.5, 0.6) is 0 Å². The van der Waals surface area contributed by atoms with Gasteiger partial charge in [-0.1, -0.05) is 38.5 Å². The second kappa shape index (κ2) is 7.72. The molecule has 0 radical (unpaired) electrons. The predicted molar refractivity (Wildman–Crippen MR) is 89.9 cm³/mol. The van der Waals surface area contributed by atoms with Crippen LogP contribution in [0.2, 0.25) is 0 Å². The molecule has 0 heterocycles. The first kappa shape index (κ1) is 15.4. The number of thiocarbonyl (C=S) groups is 1. The Kier molecular flexibility index (Phi) is 6.27. The molecule has 0 saturated heterocycles. The molecule has 0 amide bonds. The van der Waals surface area contributed by atoms with Crippen LogP contribution in [0, 0.1) is 0 Å². The van der Waals surface area contributed by atoms with Crippen LogP contribution in [0.1, 0.15) is 64.2 Å². The van der Waals surface area contributed by atoms with Crippen molar-refractivity contribution < 1.29 is 0 Å². The molecule has 2 nitrogen and oxygen atoms in total. The molecule has 2 aliphatic rings. The summed E-state index contributed by atoms with van der Waals surface area (Å²) in [6.45, 7) is 1.03. The number of hydrogen-bond donors (Lipinski definition) is 2. The molecule has 2 N–H and O–H groups in total. The van der Waals surface area contributed by atoms with Gasteiger partial charge in [-0.2, -0.15) is 11.8 Å². The maximum absolute atomic E-state index is 5.47. The minimum absolute atomic E-state index is 0.427. The van der Waals surface area contributed by atoms with E-state index in [1.54, 1.807) is 0 Å². The van der Waals surface area contributed by atoms with Crippen molar-refractivity contribution in [1.29, 1.82) is 0 Å². The largest absolute Gasteiger partial charge is 0.361 e. The third-order valence-corrected chi connectivity index (χ3v) is 6.39. The van der Waals surface area contributed by atoms with Crippen LogP contribution in [-0.2, 0) is 0 Å². The zero-order valence-corrected chi connectivity index (χ0v) is 13.8.